The number of hydrogen-bond acceptors (Lipinski definition) is 3. The quantitative estimate of drug-likeness (QED) is 0.940. The highest BCUT2D eigenvalue weighted by Gasteiger charge is 2.05. The van der Waals surface area contributed by atoms with Gasteiger partial charge in [0.15, 0.2) is 0 Å². The average Bonchev–Trinajstić information content (AvgIpc) is 2.33. The van der Waals surface area contributed by atoms with Crippen molar-refractivity contribution in [2.75, 3.05) is 0 Å². The summed E-state index contributed by atoms with van der Waals surface area (Å²) in [6.07, 6.45) is 4.25. The molecule has 0 saturated carbocycles. The summed E-state index contributed by atoms with van der Waals surface area (Å²) in [4.78, 5) is 4.01. The first-order valence-electron chi connectivity index (χ1n) is 5.77. The van der Waals surface area contributed by atoms with E-state index in [0.29, 0.717) is 0 Å². The van der Waals surface area contributed by atoms with Gasteiger partial charge in [0, 0.05) is 12.2 Å². The van der Waals surface area contributed by atoms with Gasteiger partial charge in [-0.2, -0.15) is 0 Å². The molecule has 3 nitrogen and oxygen atoms in total. The second kappa shape index (κ2) is 5.98. The van der Waals surface area contributed by atoms with Crippen LogP contribution in [0, 0.1) is 0 Å². The number of benzene rings is 1. The van der Waals surface area contributed by atoms with Crippen LogP contribution in [0.4, 0.5) is 0 Å². The highest BCUT2D eigenvalue weighted by Crippen LogP contribution is 2.30. The van der Waals surface area contributed by atoms with Gasteiger partial charge in [0.25, 0.3) is 0 Å². The van der Waals surface area contributed by atoms with Crippen LogP contribution in [0.15, 0.2) is 47.2 Å². The van der Waals surface area contributed by atoms with Gasteiger partial charge in [0.1, 0.15) is 11.5 Å². The highest BCUT2D eigenvalue weighted by molar-refractivity contribution is 9.10. The molecule has 0 bridgehead atoms. The fourth-order valence-electron chi connectivity index (χ4n) is 1.66. The number of aromatic nitrogens is 1. The van der Waals surface area contributed by atoms with Crippen molar-refractivity contribution >= 4 is 15.9 Å². The monoisotopic (exact) mass is 306 g/mol. The zero-order chi connectivity index (χ0) is 13.0. The van der Waals surface area contributed by atoms with Crippen molar-refractivity contribution in [3.8, 4) is 11.5 Å². The molecule has 0 amide bonds. The molecule has 1 heterocycles. The third-order valence-corrected chi connectivity index (χ3v) is 3.04. The molecule has 18 heavy (non-hydrogen) atoms. The van der Waals surface area contributed by atoms with E-state index in [2.05, 4.69) is 20.9 Å². The lowest BCUT2D eigenvalue weighted by atomic mass is 10.1. The summed E-state index contributed by atoms with van der Waals surface area (Å²) in [5.74, 6) is 1.49. The summed E-state index contributed by atoms with van der Waals surface area (Å²) in [7, 11) is 0. The smallest absolute Gasteiger partial charge is 0.145 e. The van der Waals surface area contributed by atoms with Crippen LogP contribution in [0.3, 0.4) is 0 Å². The Hall–Kier alpha value is -1.39. The van der Waals surface area contributed by atoms with E-state index in [1.165, 1.54) is 5.56 Å². The number of rotatable bonds is 4. The van der Waals surface area contributed by atoms with Gasteiger partial charge in [0.2, 0.25) is 0 Å². The number of ether oxygens (including phenoxy) is 1. The minimum Gasteiger partial charge on any atom is -0.455 e. The molecule has 0 aliphatic carbocycles. The van der Waals surface area contributed by atoms with Crippen LogP contribution < -0.4 is 10.5 Å². The van der Waals surface area contributed by atoms with Crippen LogP contribution in [0.25, 0.3) is 0 Å². The van der Waals surface area contributed by atoms with Crippen LogP contribution in [0.5, 0.6) is 11.5 Å². The summed E-state index contributed by atoms with van der Waals surface area (Å²) in [5.41, 5.74) is 6.97. The first-order chi connectivity index (χ1) is 8.65. The van der Waals surface area contributed by atoms with Gasteiger partial charge in [-0.05, 0) is 59.1 Å². The van der Waals surface area contributed by atoms with E-state index in [4.69, 9.17) is 10.5 Å². The number of nitrogens with zero attached hydrogens (tertiary/aromatic N) is 1. The predicted octanol–water partition coefficient (Wildman–Crippen LogP) is 3.53. The maximum Gasteiger partial charge on any atom is 0.145 e. The van der Waals surface area contributed by atoms with Crippen LogP contribution in [0.2, 0.25) is 0 Å². The van der Waals surface area contributed by atoms with Crippen LogP contribution >= 0.6 is 15.9 Å². The minimum absolute atomic E-state index is 0.155. The van der Waals surface area contributed by atoms with E-state index in [-0.39, 0.29) is 6.04 Å². The Labute approximate surface area is 115 Å². The van der Waals surface area contributed by atoms with E-state index >= 15 is 0 Å². The van der Waals surface area contributed by atoms with E-state index in [9.17, 15) is 0 Å². The van der Waals surface area contributed by atoms with E-state index in [0.717, 1.165) is 22.4 Å². The number of nitrogens with two attached hydrogens (primary N) is 1. The van der Waals surface area contributed by atoms with Crippen molar-refractivity contribution in [1.82, 2.24) is 4.98 Å². The second-order valence-corrected chi connectivity index (χ2v) is 5.09. The molecule has 0 fully saturated rings. The molecule has 1 unspecified atom stereocenters. The Morgan fingerprint density at radius 1 is 1.39 bits per heavy atom. The summed E-state index contributed by atoms with van der Waals surface area (Å²) in [6, 6.07) is 9.87. The molecule has 4 heteroatoms. The van der Waals surface area contributed by atoms with Gasteiger partial charge in [0.05, 0.1) is 10.7 Å². The topological polar surface area (TPSA) is 48.1 Å². The predicted molar refractivity (Wildman–Crippen MR) is 75.8 cm³/mol. The number of hydrogen-bond donors (Lipinski definition) is 1. The molecule has 1 aromatic heterocycles. The van der Waals surface area contributed by atoms with Crippen LogP contribution in [-0.2, 0) is 6.42 Å². The van der Waals surface area contributed by atoms with Gasteiger partial charge in [-0.3, -0.25) is 4.98 Å². The van der Waals surface area contributed by atoms with Crippen molar-refractivity contribution in [3.63, 3.8) is 0 Å². The summed E-state index contributed by atoms with van der Waals surface area (Å²) >= 11 is 3.51. The lowest BCUT2D eigenvalue weighted by Gasteiger charge is -2.10. The molecule has 1 aromatic carbocycles. The Morgan fingerprint density at radius 2 is 2.22 bits per heavy atom. The van der Waals surface area contributed by atoms with Crippen molar-refractivity contribution in [3.05, 3.63) is 52.8 Å². The standard InChI is InChI=1S/C14H15BrN2O/c1-10(16)7-11-4-5-14(13(15)8-11)18-12-3-2-6-17-9-12/h2-6,8-10H,7,16H2,1H3. The molecule has 0 aliphatic heterocycles. The molecule has 0 spiro atoms. The lowest BCUT2D eigenvalue weighted by Crippen LogP contribution is -2.17. The highest BCUT2D eigenvalue weighted by atomic mass is 79.9. The van der Waals surface area contributed by atoms with Crippen LogP contribution in [0.1, 0.15) is 12.5 Å². The Balaban J connectivity index is 2.15. The maximum absolute atomic E-state index is 5.78. The van der Waals surface area contributed by atoms with Gasteiger partial charge in [-0.1, -0.05) is 6.07 Å². The average molecular weight is 307 g/mol. The van der Waals surface area contributed by atoms with E-state index in [1.807, 2.05) is 37.3 Å². The lowest BCUT2D eigenvalue weighted by molar-refractivity contribution is 0.477. The largest absolute Gasteiger partial charge is 0.455 e. The molecule has 0 saturated heterocycles. The van der Waals surface area contributed by atoms with Gasteiger partial charge < -0.3 is 10.5 Å². The number of halogens is 1. The van der Waals surface area contributed by atoms with Gasteiger partial charge in [-0.15, -0.1) is 0 Å². The Kier molecular flexibility index (Phi) is 4.33. The van der Waals surface area contributed by atoms with Gasteiger partial charge in [-0.25, -0.2) is 0 Å². The molecule has 2 aromatic rings. The van der Waals surface area contributed by atoms with Crippen molar-refractivity contribution in [2.24, 2.45) is 5.73 Å². The van der Waals surface area contributed by atoms with Crippen molar-refractivity contribution < 1.29 is 4.74 Å². The van der Waals surface area contributed by atoms with Gasteiger partial charge >= 0.3 is 0 Å². The van der Waals surface area contributed by atoms with Crippen molar-refractivity contribution in [1.29, 1.82) is 0 Å². The summed E-state index contributed by atoms with van der Waals surface area (Å²) < 4.78 is 6.65. The third-order valence-electron chi connectivity index (χ3n) is 2.42. The zero-order valence-corrected chi connectivity index (χ0v) is 11.7. The first-order valence-corrected chi connectivity index (χ1v) is 6.56. The molecule has 1 atom stereocenters. The molecular weight excluding hydrogens is 292 g/mol. The number of pyridine rings is 1. The molecular formula is C14H15BrN2O. The molecule has 0 aliphatic rings. The van der Waals surface area contributed by atoms with Crippen LogP contribution in [-0.4, -0.2) is 11.0 Å². The van der Waals surface area contributed by atoms with E-state index in [1.54, 1.807) is 12.4 Å². The molecule has 2 rings (SSSR count). The summed E-state index contributed by atoms with van der Waals surface area (Å²) in [5, 5.41) is 0. The van der Waals surface area contributed by atoms with E-state index < -0.39 is 0 Å². The molecule has 0 radical (unpaired) electrons. The maximum atomic E-state index is 5.78. The van der Waals surface area contributed by atoms with Crippen molar-refractivity contribution in [2.45, 2.75) is 19.4 Å². The Morgan fingerprint density at radius 3 is 2.83 bits per heavy atom. The minimum atomic E-state index is 0.155. The SMILES string of the molecule is CC(N)Cc1ccc(Oc2cccnc2)c(Br)c1. The second-order valence-electron chi connectivity index (χ2n) is 4.24. The normalized spacial score (nSPS) is 12.2. The fourth-order valence-corrected chi connectivity index (χ4v) is 2.17. The first kappa shape index (κ1) is 13.1. The Bertz CT molecular complexity index is 514. The molecule has 2 N–H and O–H groups in total. The third kappa shape index (κ3) is 3.55. The molecule has 94 valence electrons. The summed E-state index contributed by atoms with van der Waals surface area (Å²) in [6.45, 7) is 1.99. The fraction of sp³-hybridized carbons (Fsp3) is 0.214. The zero-order valence-electron chi connectivity index (χ0n) is 10.1.